The Kier molecular flexibility index (Phi) is 3.97. The smallest absolute Gasteiger partial charge is 0.185 e. The molecule has 0 aromatic carbocycles. The predicted molar refractivity (Wildman–Crippen MR) is 79.2 cm³/mol. The van der Waals surface area contributed by atoms with E-state index in [1.807, 2.05) is 0 Å². The van der Waals surface area contributed by atoms with Crippen LogP contribution >= 0.6 is 11.3 Å². The largest absolute Gasteiger partial charge is 0.351 e. The van der Waals surface area contributed by atoms with E-state index in [-0.39, 0.29) is 5.54 Å². The monoisotopic (exact) mass is 267 g/mol. The van der Waals surface area contributed by atoms with Gasteiger partial charge in [-0.3, -0.25) is 0 Å². The summed E-state index contributed by atoms with van der Waals surface area (Å²) in [6.45, 7) is 10.9. The number of rotatable bonds is 5. The van der Waals surface area contributed by atoms with Crippen molar-refractivity contribution in [2.24, 2.45) is 11.8 Å². The molecule has 1 saturated carbocycles. The van der Waals surface area contributed by atoms with Gasteiger partial charge in [0.1, 0.15) is 0 Å². The van der Waals surface area contributed by atoms with E-state index >= 15 is 0 Å². The average Bonchev–Trinajstić information content (AvgIpc) is 2.80. The van der Waals surface area contributed by atoms with E-state index in [1.165, 1.54) is 6.42 Å². The highest BCUT2D eigenvalue weighted by Gasteiger charge is 2.33. The molecule has 0 saturated heterocycles. The van der Waals surface area contributed by atoms with E-state index in [1.54, 1.807) is 11.3 Å². The molecule has 1 aliphatic rings. The standard InChI is InChI=1S/C14H25N3S/c1-10-6-11(10)8-17(5)13-16-12(9-18-13)7-15-14(2,3)4/h9-11,15H,6-8H2,1-5H3. The summed E-state index contributed by atoms with van der Waals surface area (Å²) in [4.78, 5) is 7.01. The van der Waals surface area contributed by atoms with Crippen molar-refractivity contribution in [3.8, 4) is 0 Å². The van der Waals surface area contributed by atoms with Crippen molar-refractivity contribution in [3.05, 3.63) is 11.1 Å². The third-order valence-electron chi connectivity index (χ3n) is 3.45. The summed E-state index contributed by atoms with van der Waals surface area (Å²) in [7, 11) is 2.16. The molecule has 0 amide bonds. The molecule has 0 radical (unpaired) electrons. The average molecular weight is 267 g/mol. The van der Waals surface area contributed by atoms with Gasteiger partial charge in [0, 0.05) is 31.1 Å². The highest BCUT2D eigenvalue weighted by molar-refractivity contribution is 7.13. The fourth-order valence-corrected chi connectivity index (χ4v) is 2.79. The first-order valence-corrected chi connectivity index (χ1v) is 7.63. The van der Waals surface area contributed by atoms with Gasteiger partial charge in [0.15, 0.2) is 5.13 Å². The maximum Gasteiger partial charge on any atom is 0.185 e. The number of nitrogens with zero attached hydrogens (tertiary/aromatic N) is 2. The molecule has 1 N–H and O–H groups in total. The van der Waals surface area contributed by atoms with E-state index in [9.17, 15) is 0 Å². The topological polar surface area (TPSA) is 28.2 Å². The van der Waals surface area contributed by atoms with Crippen molar-refractivity contribution in [1.82, 2.24) is 10.3 Å². The van der Waals surface area contributed by atoms with Crippen molar-refractivity contribution >= 4 is 16.5 Å². The molecule has 4 heteroatoms. The lowest BCUT2D eigenvalue weighted by atomic mass is 10.1. The minimum Gasteiger partial charge on any atom is -0.351 e. The van der Waals surface area contributed by atoms with E-state index in [0.29, 0.717) is 0 Å². The third-order valence-corrected chi connectivity index (χ3v) is 4.45. The molecular formula is C14H25N3S. The molecule has 1 heterocycles. The fraction of sp³-hybridized carbons (Fsp3) is 0.786. The Hall–Kier alpha value is -0.610. The van der Waals surface area contributed by atoms with Crippen LogP contribution in [0.25, 0.3) is 0 Å². The van der Waals surface area contributed by atoms with E-state index in [4.69, 9.17) is 4.98 Å². The Morgan fingerprint density at radius 2 is 2.17 bits per heavy atom. The number of anilines is 1. The predicted octanol–water partition coefficient (Wildman–Crippen LogP) is 3.12. The number of aromatic nitrogens is 1. The van der Waals surface area contributed by atoms with Crippen LogP contribution in [-0.2, 0) is 6.54 Å². The molecule has 1 aliphatic carbocycles. The minimum absolute atomic E-state index is 0.152. The van der Waals surface area contributed by atoms with Crippen LogP contribution in [0.15, 0.2) is 5.38 Å². The van der Waals surface area contributed by atoms with Crippen molar-refractivity contribution in [2.75, 3.05) is 18.5 Å². The zero-order chi connectivity index (χ0) is 13.3. The minimum atomic E-state index is 0.152. The summed E-state index contributed by atoms with van der Waals surface area (Å²) in [5, 5.41) is 6.80. The van der Waals surface area contributed by atoms with Gasteiger partial charge in [-0.15, -0.1) is 11.3 Å². The second kappa shape index (κ2) is 5.17. The lowest BCUT2D eigenvalue weighted by molar-refractivity contribution is 0.422. The first-order chi connectivity index (χ1) is 8.35. The van der Waals surface area contributed by atoms with Crippen LogP contribution in [0.2, 0.25) is 0 Å². The van der Waals surface area contributed by atoms with Crippen LogP contribution in [0.4, 0.5) is 5.13 Å². The van der Waals surface area contributed by atoms with Crippen LogP contribution in [-0.4, -0.2) is 24.1 Å². The molecule has 3 nitrogen and oxygen atoms in total. The molecule has 18 heavy (non-hydrogen) atoms. The van der Waals surface area contributed by atoms with Gasteiger partial charge >= 0.3 is 0 Å². The van der Waals surface area contributed by atoms with Crippen molar-refractivity contribution in [3.63, 3.8) is 0 Å². The maximum atomic E-state index is 4.70. The molecular weight excluding hydrogens is 242 g/mol. The zero-order valence-corrected chi connectivity index (χ0v) is 13.0. The molecule has 0 bridgehead atoms. The van der Waals surface area contributed by atoms with Gasteiger partial charge in [0.05, 0.1) is 5.69 Å². The quantitative estimate of drug-likeness (QED) is 0.888. The van der Waals surface area contributed by atoms with Crippen molar-refractivity contribution in [1.29, 1.82) is 0 Å². The normalized spacial score (nSPS) is 23.2. The Balaban J connectivity index is 1.85. The van der Waals surface area contributed by atoms with Gasteiger partial charge in [0.25, 0.3) is 0 Å². The van der Waals surface area contributed by atoms with Crippen LogP contribution in [0.5, 0.6) is 0 Å². The second-order valence-corrected chi connectivity index (χ2v) is 7.42. The Morgan fingerprint density at radius 3 is 2.72 bits per heavy atom. The molecule has 0 spiro atoms. The van der Waals surface area contributed by atoms with Gasteiger partial charge in [-0.2, -0.15) is 0 Å². The Labute approximate surface area is 115 Å². The highest BCUT2D eigenvalue weighted by atomic mass is 32.1. The first kappa shape index (κ1) is 13.8. The molecule has 1 fully saturated rings. The summed E-state index contributed by atoms with van der Waals surface area (Å²) < 4.78 is 0. The molecule has 1 aromatic rings. The SMILES string of the molecule is CC1CC1CN(C)c1nc(CNC(C)(C)C)cs1. The van der Waals surface area contributed by atoms with Crippen LogP contribution in [0, 0.1) is 11.8 Å². The third kappa shape index (κ3) is 3.95. The summed E-state index contributed by atoms with van der Waals surface area (Å²) in [5.74, 6) is 1.80. The van der Waals surface area contributed by atoms with Gasteiger partial charge in [-0.1, -0.05) is 6.92 Å². The number of thiazole rings is 1. The Morgan fingerprint density at radius 1 is 1.50 bits per heavy atom. The van der Waals surface area contributed by atoms with E-state index in [2.05, 4.69) is 50.3 Å². The zero-order valence-electron chi connectivity index (χ0n) is 12.2. The lowest BCUT2D eigenvalue weighted by Crippen LogP contribution is -2.35. The van der Waals surface area contributed by atoms with Gasteiger partial charge in [-0.25, -0.2) is 4.98 Å². The van der Waals surface area contributed by atoms with Gasteiger partial charge in [-0.05, 0) is 39.0 Å². The second-order valence-electron chi connectivity index (χ2n) is 6.58. The molecule has 0 aliphatic heterocycles. The van der Waals surface area contributed by atoms with Gasteiger partial charge < -0.3 is 10.2 Å². The van der Waals surface area contributed by atoms with Crippen molar-refractivity contribution in [2.45, 2.75) is 46.2 Å². The molecule has 102 valence electrons. The fourth-order valence-electron chi connectivity index (χ4n) is 1.99. The van der Waals surface area contributed by atoms with E-state index < -0.39 is 0 Å². The Bertz CT molecular complexity index is 394. The van der Waals surface area contributed by atoms with Crippen LogP contribution in [0.3, 0.4) is 0 Å². The lowest BCUT2D eigenvalue weighted by Gasteiger charge is -2.19. The number of hydrogen-bond acceptors (Lipinski definition) is 4. The number of nitrogens with one attached hydrogen (secondary N) is 1. The summed E-state index contributed by atoms with van der Waals surface area (Å²) in [6, 6.07) is 0. The molecule has 2 atom stereocenters. The van der Waals surface area contributed by atoms with E-state index in [0.717, 1.165) is 35.8 Å². The summed E-state index contributed by atoms with van der Waals surface area (Å²) in [5.41, 5.74) is 1.31. The maximum absolute atomic E-state index is 4.70. The number of hydrogen-bond donors (Lipinski definition) is 1. The highest BCUT2D eigenvalue weighted by Crippen LogP contribution is 2.38. The van der Waals surface area contributed by atoms with Gasteiger partial charge in [0.2, 0.25) is 0 Å². The van der Waals surface area contributed by atoms with Crippen molar-refractivity contribution < 1.29 is 0 Å². The van der Waals surface area contributed by atoms with Crippen LogP contribution < -0.4 is 10.2 Å². The van der Waals surface area contributed by atoms with Crippen LogP contribution in [0.1, 0.15) is 39.8 Å². The molecule has 1 aromatic heterocycles. The summed E-state index contributed by atoms with van der Waals surface area (Å²) in [6.07, 6.45) is 1.38. The summed E-state index contributed by atoms with van der Waals surface area (Å²) >= 11 is 1.75. The molecule has 2 unspecified atom stereocenters. The molecule has 2 rings (SSSR count). The first-order valence-electron chi connectivity index (χ1n) is 6.76.